The van der Waals surface area contributed by atoms with Gasteiger partial charge in [0.05, 0.1) is 0 Å². The SMILES string of the molecule is CCc1nc(NC)c(C)c(N2CCCC(N(C)C)C2)n1. The van der Waals surface area contributed by atoms with Crippen molar-refractivity contribution in [2.75, 3.05) is 44.4 Å². The van der Waals surface area contributed by atoms with Crippen LogP contribution in [0.4, 0.5) is 11.6 Å². The lowest BCUT2D eigenvalue weighted by Crippen LogP contribution is -2.45. The number of piperidine rings is 1. The highest BCUT2D eigenvalue weighted by Gasteiger charge is 2.24. The van der Waals surface area contributed by atoms with Crippen molar-refractivity contribution < 1.29 is 0 Å². The van der Waals surface area contributed by atoms with Crippen LogP contribution in [-0.2, 0) is 6.42 Å². The topological polar surface area (TPSA) is 44.3 Å². The van der Waals surface area contributed by atoms with E-state index in [1.165, 1.54) is 12.8 Å². The summed E-state index contributed by atoms with van der Waals surface area (Å²) in [5.41, 5.74) is 1.16. The molecule has 20 heavy (non-hydrogen) atoms. The monoisotopic (exact) mass is 277 g/mol. The van der Waals surface area contributed by atoms with Crippen LogP contribution in [0.2, 0.25) is 0 Å². The largest absolute Gasteiger partial charge is 0.373 e. The summed E-state index contributed by atoms with van der Waals surface area (Å²) in [6.45, 7) is 6.36. The van der Waals surface area contributed by atoms with Crippen molar-refractivity contribution in [2.45, 2.75) is 39.2 Å². The highest BCUT2D eigenvalue weighted by atomic mass is 15.3. The molecule has 2 heterocycles. The maximum atomic E-state index is 4.77. The van der Waals surface area contributed by atoms with Crippen LogP contribution in [-0.4, -0.2) is 55.1 Å². The van der Waals surface area contributed by atoms with Crippen molar-refractivity contribution in [1.82, 2.24) is 14.9 Å². The van der Waals surface area contributed by atoms with Crippen LogP contribution >= 0.6 is 0 Å². The fourth-order valence-electron chi connectivity index (χ4n) is 2.83. The van der Waals surface area contributed by atoms with E-state index in [0.717, 1.165) is 42.5 Å². The Morgan fingerprint density at radius 1 is 1.35 bits per heavy atom. The third-order valence-electron chi connectivity index (χ3n) is 4.15. The summed E-state index contributed by atoms with van der Waals surface area (Å²) in [4.78, 5) is 14.1. The Kier molecular flexibility index (Phi) is 4.81. The Labute approximate surface area is 122 Å². The molecule has 0 saturated carbocycles. The van der Waals surface area contributed by atoms with Gasteiger partial charge in [-0.3, -0.25) is 0 Å². The lowest BCUT2D eigenvalue weighted by atomic mass is 10.0. The molecule has 1 saturated heterocycles. The first-order valence-corrected chi connectivity index (χ1v) is 7.53. The first-order valence-electron chi connectivity index (χ1n) is 7.53. The number of nitrogens with zero attached hydrogens (tertiary/aromatic N) is 4. The van der Waals surface area contributed by atoms with Gasteiger partial charge in [-0.05, 0) is 33.9 Å². The van der Waals surface area contributed by atoms with E-state index in [0.29, 0.717) is 6.04 Å². The van der Waals surface area contributed by atoms with E-state index in [-0.39, 0.29) is 0 Å². The van der Waals surface area contributed by atoms with E-state index in [2.05, 4.69) is 48.0 Å². The fraction of sp³-hybridized carbons (Fsp3) is 0.733. The summed E-state index contributed by atoms with van der Waals surface area (Å²) in [5.74, 6) is 2.98. The highest BCUT2D eigenvalue weighted by Crippen LogP contribution is 2.27. The van der Waals surface area contributed by atoms with Crippen LogP contribution < -0.4 is 10.2 Å². The van der Waals surface area contributed by atoms with Gasteiger partial charge >= 0.3 is 0 Å². The third kappa shape index (κ3) is 3.03. The summed E-state index contributed by atoms with van der Waals surface area (Å²) in [6.07, 6.45) is 3.36. The lowest BCUT2D eigenvalue weighted by molar-refractivity contribution is 0.257. The van der Waals surface area contributed by atoms with Gasteiger partial charge in [-0.2, -0.15) is 0 Å². The van der Waals surface area contributed by atoms with Crippen molar-refractivity contribution >= 4 is 11.6 Å². The number of likely N-dealkylation sites (N-methyl/N-ethyl adjacent to an activating group) is 1. The fourth-order valence-corrected chi connectivity index (χ4v) is 2.83. The second-order valence-electron chi connectivity index (χ2n) is 5.75. The second kappa shape index (κ2) is 6.39. The zero-order valence-corrected chi connectivity index (χ0v) is 13.4. The molecule has 0 spiro atoms. The minimum absolute atomic E-state index is 0.612. The van der Waals surface area contributed by atoms with Crippen LogP contribution in [0.25, 0.3) is 0 Å². The molecular weight excluding hydrogens is 250 g/mol. The van der Waals surface area contributed by atoms with Crippen molar-refractivity contribution in [3.05, 3.63) is 11.4 Å². The van der Waals surface area contributed by atoms with Crippen LogP contribution in [0.15, 0.2) is 0 Å². The molecule has 2 rings (SSSR count). The minimum Gasteiger partial charge on any atom is -0.373 e. The van der Waals surface area contributed by atoms with E-state index < -0.39 is 0 Å². The molecule has 5 heteroatoms. The quantitative estimate of drug-likeness (QED) is 0.911. The average molecular weight is 277 g/mol. The third-order valence-corrected chi connectivity index (χ3v) is 4.15. The Morgan fingerprint density at radius 2 is 2.10 bits per heavy atom. The molecule has 0 radical (unpaired) electrons. The molecule has 5 nitrogen and oxygen atoms in total. The molecule has 112 valence electrons. The second-order valence-corrected chi connectivity index (χ2v) is 5.75. The van der Waals surface area contributed by atoms with Crippen LogP contribution in [0.5, 0.6) is 0 Å². The standard InChI is InChI=1S/C15H27N5/c1-6-13-17-14(16-3)11(2)15(18-13)20-9-7-8-12(10-20)19(4)5/h12H,6-10H2,1-5H3,(H,16,17,18). The number of rotatable bonds is 4. The van der Waals surface area contributed by atoms with Gasteiger partial charge in [-0.1, -0.05) is 6.92 Å². The van der Waals surface area contributed by atoms with Crippen molar-refractivity contribution in [1.29, 1.82) is 0 Å². The van der Waals surface area contributed by atoms with Gasteiger partial charge in [0, 0.05) is 38.2 Å². The smallest absolute Gasteiger partial charge is 0.137 e. The van der Waals surface area contributed by atoms with Gasteiger partial charge in [0.25, 0.3) is 0 Å². The normalized spacial score (nSPS) is 19.5. The first-order chi connectivity index (χ1) is 9.56. The Hall–Kier alpha value is -1.36. The summed E-state index contributed by atoms with van der Waals surface area (Å²) < 4.78 is 0. The molecule has 1 N–H and O–H groups in total. The molecule has 1 aromatic heterocycles. The van der Waals surface area contributed by atoms with Crippen LogP contribution in [0.1, 0.15) is 31.2 Å². The van der Waals surface area contributed by atoms with Gasteiger partial charge in [-0.25, -0.2) is 9.97 Å². The molecular formula is C15H27N5. The zero-order chi connectivity index (χ0) is 14.7. The van der Waals surface area contributed by atoms with Crippen LogP contribution in [0, 0.1) is 6.92 Å². The minimum atomic E-state index is 0.612. The van der Waals surface area contributed by atoms with Crippen LogP contribution in [0.3, 0.4) is 0 Å². The summed E-state index contributed by atoms with van der Waals surface area (Å²) in [5, 5.41) is 3.20. The van der Waals surface area contributed by atoms with Gasteiger partial charge in [0.1, 0.15) is 17.5 Å². The Balaban J connectivity index is 2.31. The van der Waals surface area contributed by atoms with Crippen molar-refractivity contribution in [3.63, 3.8) is 0 Å². The summed E-state index contributed by atoms with van der Waals surface area (Å²) in [7, 11) is 6.26. The Bertz CT molecular complexity index is 458. The van der Waals surface area contributed by atoms with E-state index >= 15 is 0 Å². The maximum absolute atomic E-state index is 4.77. The number of hydrogen-bond donors (Lipinski definition) is 1. The first kappa shape index (κ1) is 15.0. The average Bonchev–Trinajstić information content (AvgIpc) is 2.47. The molecule has 1 atom stereocenters. The number of nitrogens with one attached hydrogen (secondary N) is 1. The van der Waals surface area contributed by atoms with Gasteiger partial charge in [0.2, 0.25) is 0 Å². The molecule has 0 aromatic carbocycles. The number of aryl methyl sites for hydroxylation is 1. The summed E-state index contributed by atoms with van der Waals surface area (Å²) in [6, 6.07) is 0.612. The van der Waals surface area contributed by atoms with Crippen molar-refractivity contribution in [2.24, 2.45) is 0 Å². The van der Waals surface area contributed by atoms with Gasteiger partial charge in [0.15, 0.2) is 0 Å². The molecule has 1 aliphatic rings. The molecule has 0 bridgehead atoms. The van der Waals surface area contributed by atoms with Gasteiger partial charge < -0.3 is 15.1 Å². The molecule has 1 aromatic rings. The van der Waals surface area contributed by atoms with E-state index in [1.54, 1.807) is 0 Å². The predicted octanol–water partition coefficient (Wildman–Crippen LogP) is 1.92. The predicted molar refractivity (Wildman–Crippen MR) is 84.6 cm³/mol. The molecule has 0 aliphatic carbocycles. The van der Waals surface area contributed by atoms with E-state index in [4.69, 9.17) is 4.98 Å². The lowest BCUT2D eigenvalue weighted by Gasteiger charge is -2.37. The highest BCUT2D eigenvalue weighted by molar-refractivity contribution is 5.58. The number of hydrogen-bond acceptors (Lipinski definition) is 5. The van der Waals surface area contributed by atoms with E-state index in [1.807, 2.05) is 7.05 Å². The Morgan fingerprint density at radius 3 is 2.70 bits per heavy atom. The molecule has 0 amide bonds. The van der Waals surface area contributed by atoms with E-state index in [9.17, 15) is 0 Å². The molecule has 1 aliphatic heterocycles. The summed E-state index contributed by atoms with van der Waals surface area (Å²) >= 11 is 0. The maximum Gasteiger partial charge on any atom is 0.137 e. The van der Waals surface area contributed by atoms with Crippen molar-refractivity contribution in [3.8, 4) is 0 Å². The number of aromatic nitrogens is 2. The number of anilines is 2. The van der Waals surface area contributed by atoms with Gasteiger partial charge in [-0.15, -0.1) is 0 Å². The zero-order valence-electron chi connectivity index (χ0n) is 13.4. The molecule has 1 unspecified atom stereocenters. The molecule has 1 fully saturated rings.